The standard InChI is InChI=1S/C18H21F3N4O2/c1-2-3-9-24-10-11-25-12(5-6-13(25)15(24)26)14-22-16(27-23-14)17(7-4-8-17)18(19,20)21/h5-6H,2-4,7-11H2,1H3. The van der Waals surface area contributed by atoms with E-state index in [9.17, 15) is 18.0 Å². The molecule has 0 radical (unpaired) electrons. The smallest absolute Gasteiger partial charge is 0.338 e. The van der Waals surface area contributed by atoms with Crippen LogP contribution >= 0.6 is 0 Å². The van der Waals surface area contributed by atoms with Crippen molar-refractivity contribution in [2.45, 2.75) is 57.2 Å². The summed E-state index contributed by atoms with van der Waals surface area (Å²) in [7, 11) is 0. The fraction of sp³-hybridized carbons (Fsp3) is 0.611. The third-order valence-electron chi connectivity index (χ3n) is 5.68. The molecule has 146 valence electrons. The fourth-order valence-electron chi connectivity index (χ4n) is 3.81. The number of aromatic nitrogens is 3. The van der Waals surface area contributed by atoms with E-state index in [0.29, 0.717) is 37.4 Å². The van der Waals surface area contributed by atoms with E-state index in [1.807, 2.05) is 0 Å². The average molecular weight is 382 g/mol. The lowest BCUT2D eigenvalue weighted by atomic mass is 9.68. The Hall–Kier alpha value is -2.32. The SMILES string of the molecule is CCCCN1CCn2c(ccc2-c2noc(C3(C(F)(F)F)CCC3)n2)C1=O. The summed E-state index contributed by atoms with van der Waals surface area (Å²) < 4.78 is 47.2. The average Bonchev–Trinajstić information content (AvgIpc) is 3.19. The number of unbranched alkanes of at least 4 members (excludes halogenated alkanes) is 1. The van der Waals surface area contributed by atoms with Gasteiger partial charge in [-0.15, -0.1) is 0 Å². The second-order valence-electron chi connectivity index (χ2n) is 7.26. The number of carbonyl (C=O) groups is 1. The first-order valence-corrected chi connectivity index (χ1v) is 9.27. The van der Waals surface area contributed by atoms with Gasteiger partial charge in [-0.25, -0.2) is 0 Å². The molecule has 0 aromatic carbocycles. The third kappa shape index (κ3) is 2.74. The maximum atomic E-state index is 13.5. The van der Waals surface area contributed by atoms with Gasteiger partial charge in [0.2, 0.25) is 11.7 Å². The number of halogens is 3. The van der Waals surface area contributed by atoms with Crippen LogP contribution < -0.4 is 0 Å². The van der Waals surface area contributed by atoms with Gasteiger partial charge < -0.3 is 14.0 Å². The molecule has 2 aliphatic rings. The first kappa shape index (κ1) is 18.1. The minimum Gasteiger partial charge on any atom is -0.338 e. The minimum absolute atomic E-state index is 0.0325. The Morgan fingerprint density at radius 3 is 2.59 bits per heavy atom. The zero-order chi connectivity index (χ0) is 19.2. The first-order chi connectivity index (χ1) is 12.9. The van der Waals surface area contributed by atoms with Crippen molar-refractivity contribution in [3.05, 3.63) is 23.7 Å². The highest BCUT2D eigenvalue weighted by Crippen LogP contribution is 2.54. The van der Waals surface area contributed by atoms with Gasteiger partial charge in [0, 0.05) is 19.6 Å². The quantitative estimate of drug-likeness (QED) is 0.790. The number of alkyl halides is 3. The van der Waals surface area contributed by atoms with Crippen molar-refractivity contribution < 1.29 is 22.5 Å². The number of hydrogen-bond donors (Lipinski definition) is 0. The number of carbonyl (C=O) groups excluding carboxylic acids is 1. The Morgan fingerprint density at radius 1 is 1.22 bits per heavy atom. The van der Waals surface area contributed by atoms with Crippen LogP contribution in [0, 0.1) is 0 Å². The number of hydrogen-bond acceptors (Lipinski definition) is 4. The monoisotopic (exact) mass is 382 g/mol. The van der Waals surface area contributed by atoms with Crippen molar-refractivity contribution >= 4 is 5.91 Å². The van der Waals surface area contributed by atoms with Gasteiger partial charge in [-0.1, -0.05) is 24.9 Å². The van der Waals surface area contributed by atoms with Gasteiger partial charge >= 0.3 is 6.18 Å². The zero-order valence-electron chi connectivity index (χ0n) is 15.1. The summed E-state index contributed by atoms with van der Waals surface area (Å²) in [6.07, 6.45) is -2.05. The van der Waals surface area contributed by atoms with Crippen LogP contribution in [0.1, 0.15) is 55.4 Å². The lowest BCUT2D eigenvalue weighted by molar-refractivity contribution is -0.220. The molecule has 6 nitrogen and oxygen atoms in total. The largest absolute Gasteiger partial charge is 0.403 e. The van der Waals surface area contributed by atoms with Crippen molar-refractivity contribution in [1.82, 2.24) is 19.6 Å². The Kier molecular flexibility index (Phi) is 4.27. The predicted octanol–water partition coefficient (Wildman–Crippen LogP) is 3.78. The highest BCUT2D eigenvalue weighted by molar-refractivity contribution is 5.94. The van der Waals surface area contributed by atoms with E-state index in [0.717, 1.165) is 12.8 Å². The Balaban J connectivity index is 1.62. The zero-order valence-corrected chi connectivity index (χ0v) is 15.1. The summed E-state index contributed by atoms with van der Waals surface area (Å²) >= 11 is 0. The van der Waals surface area contributed by atoms with Crippen molar-refractivity contribution in [1.29, 1.82) is 0 Å². The summed E-state index contributed by atoms with van der Waals surface area (Å²) in [6, 6.07) is 3.35. The molecule has 27 heavy (non-hydrogen) atoms. The second kappa shape index (κ2) is 6.38. The summed E-state index contributed by atoms with van der Waals surface area (Å²) in [5, 5.41) is 3.79. The summed E-state index contributed by atoms with van der Waals surface area (Å²) in [5.74, 6) is -0.351. The van der Waals surface area contributed by atoms with Gasteiger partial charge in [0.15, 0.2) is 0 Å². The minimum atomic E-state index is -4.41. The van der Waals surface area contributed by atoms with Crippen LogP contribution in [0.3, 0.4) is 0 Å². The highest BCUT2D eigenvalue weighted by atomic mass is 19.4. The van der Waals surface area contributed by atoms with Crippen molar-refractivity contribution in [2.75, 3.05) is 13.1 Å². The van der Waals surface area contributed by atoms with Crippen molar-refractivity contribution in [3.8, 4) is 11.5 Å². The molecule has 1 aliphatic heterocycles. The van der Waals surface area contributed by atoms with Gasteiger partial charge in [0.1, 0.15) is 11.1 Å². The molecule has 0 saturated heterocycles. The Bertz CT molecular complexity index is 851. The molecule has 0 unspecified atom stereocenters. The molecular weight excluding hydrogens is 361 g/mol. The molecular formula is C18H21F3N4O2. The molecule has 0 atom stereocenters. The van der Waals surface area contributed by atoms with Gasteiger partial charge in [-0.2, -0.15) is 18.2 Å². The molecule has 1 saturated carbocycles. The summed E-state index contributed by atoms with van der Waals surface area (Å²) in [6.45, 7) is 3.89. The fourth-order valence-corrected chi connectivity index (χ4v) is 3.81. The molecule has 0 bridgehead atoms. The molecule has 0 spiro atoms. The van der Waals surface area contributed by atoms with E-state index < -0.39 is 11.6 Å². The van der Waals surface area contributed by atoms with Crippen LogP contribution in [0.25, 0.3) is 11.5 Å². The van der Waals surface area contributed by atoms with Gasteiger partial charge in [0.25, 0.3) is 5.91 Å². The lowest BCUT2D eigenvalue weighted by Gasteiger charge is -2.39. The lowest BCUT2D eigenvalue weighted by Crippen LogP contribution is -2.48. The topological polar surface area (TPSA) is 64.2 Å². The van der Waals surface area contributed by atoms with Crippen molar-refractivity contribution in [2.24, 2.45) is 0 Å². The summed E-state index contributed by atoms with van der Waals surface area (Å²) in [5.41, 5.74) is -1.00. The second-order valence-corrected chi connectivity index (χ2v) is 7.26. The summed E-state index contributed by atoms with van der Waals surface area (Å²) in [4.78, 5) is 18.5. The van der Waals surface area contributed by atoms with E-state index in [1.165, 1.54) is 0 Å². The molecule has 1 fully saturated rings. The molecule has 0 N–H and O–H groups in total. The van der Waals surface area contributed by atoms with Crippen LogP contribution in [0.15, 0.2) is 16.7 Å². The van der Waals surface area contributed by atoms with Gasteiger partial charge in [-0.3, -0.25) is 4.79 Å². The molecule has 2 aromatic heterocycles. The van der Waals surface area contributed by atoms with E-state index in [1.54, 1.807) is 21.6 Å². The molecule has 2 aromatic rings. The van der Waals surface area contributed by atoms with Crippen LogP contribution in [0.5, 0.6) is 0 Å². The normalized spacial score (nSPS) is 19.1. The molecule has 1 amide bonds. The van der Waals surface area contributed by atoms with E-state index in [4.69, 9.17) is 4.52 Å². The van der Waals surface area contributed by atoms with Crippen LogP contribution in [0.2, 0.25) is 0 Å². The molecule has 3 heterocycles. The van der Waals surface area contributed by atoms with Gasteiger partial charge in [-0.05, 0) is 31.4 Å². The Morgan fingerprint density at radius 2 is 1.96 bits per heavy atom. The molecule has 4 rings (SSSR count). The van der Waals surface area contributed by atoms with Gasteiger partial charge in [0.05, 0.1) is 5.69 Å². The maximum Gasteiger partial charge on any atom is 0.403 e. The highest BCUT2D eigenvalue weighted by Gasteiger charge is 2.63. The number of fused-ring (bicyclic) bond motifs is 1. The van der Waals surface area contributed by atoms with E-state index in [-0.39, 0.29) is 30.5 Å². The van der Waals surface area contributed by atoms with Crippen LogP contribution in [-0.2, 0) is 12.0 Å². The van der Waals surface area contributed by atoms with Crippen LogP contribution in [-0.4, -0.2) is 44.8 Å². The maximum absolute atomic E-state index is 13.5. The number of amides is 1. The number of rotatable bonds is 5. The number of nitrogens with zero attached hydrogens (tertiary/aromatic N) is 4. The van der Waals surface area contributed by atoms with Crippen molar-refractivity contribution in [3.63, 3.8) is 0 Å². The van der Waals surface area contributed by atoms with Crippen LogP contribution in [0.4, 0.5) is 13.2 Å². The molecule has 1 aliphatic carbocycles. The first-order valence-electron chi connectivity index (χ1n) is 9.27. The van der Waals surface area contributed by atoms with E-state index >= 15 is 0 Å². The molecule has 9 heteroatoms. The predicted molar refractivity (Wildman–Crippen MR) is 90.1 cm³/mol. The third-order valence-corrected chi connectivity index (χ3v) is 5.68. The van der Waals surface area contributed by atoms with E-state index in [2.05, 4.69) is 17.1 Å². The Labute approximate surface area is 154 Å².